The maximum absolute atomic E-state index is 10.8. The fraction of sp³-hybridized carbons (Fsp3) is 0. The van der Waals surface area contributed by atoms with E-state index in [9.17, 15) is 4.79 Å². The minimum absolute atomic E-state index is 0.0208. The van der Waals surface area contributed by atoms with E-state index in [-0.39, 0.29) is 11.0 Å². The summed E-state index contributed by atoms with van der Waals surface area (Å²) in [7, 11) is -1.74. The van der Waals surface area contributed by atoms with Gasteiger partial charge in [-0.1, -0.05) is 0 Å². The molecule has 6 heteroatoms. The highest BCUT2D eigenvalue weighted by molar-refractivity contribution is 6.60. The Bertz CT molecular complexity index is 341. The van der Waals surface area contributed by atoms with Gasteiger partial charge in [0.1, 0.15) is 0 Å². The molecule has 0 saturated carbocycles. The van der Waals surface area contributed by atoms with Gasteiger partial charge in [0.05, 0.1) is 0 Å². The van der Waals surface area contributed by atoms with Crippen LogP contribution in [0.5, 0.6) is 0 Å². The number of benzene rings is 1. The van der Waals surface area contributed by atoms with E-state index in [1.165, 1.54) is 18.2 Å². The molecule has 0 aliphatic carbocycles. The van der Waals surface area contributed by atoms with Crippen LogP contribution in [0.25, 0.3) is 0 Å². The number of amides is 1. The molecule has 0 radical (unpaired) electrons. The maximum Gasteiger partial charge on any atom is 0.489 e. The molecule has 0 heterocycles. The molecular weight excluding hydrogens is 171 g/mol. The van der Waals surface area contributed by atoms with Gasteiger partial charge in [-0.2, -0.15) is 0 Å². The van der Waals surface area contributed by atoms with Crippen molar-refractivity contribution in [2.75, 3.05) is 5.73 Å². The second-order valence-electron chi connectivity index (χ2n) is 2.58. The average molecular weight is 180 g/mol. The Morgan fingerprint density at radius 3 is 2.46 bits per heavy atom. The van der Waals surface area contributed by atoms with Gasteiger partial charge in [0.15, 0.2) is 0 Å². The van der Waals surface area contributed by atoms with Gasteiger partial charge in [0.25, 0.3) is 0 Å². The maximum atomic E-state index is 10.8. The molecule has 0 fully saturated rings. The molecule has 0 atom stereocenters. The highest BCUT2D eigenvalue weighted by Crippen LogP contribution is 2.03. The van der Waals surface area contributed by atoms with Gasteiger partial charge in [-0.05, 0) is 23.7 Å². The van der Waals surface area contributed by atoms with Crippen LogP contribution in [-0.2, 0) is 0 Å². The third-order valence-electron chi connectivity index (χ3n) is 1.62. The van der Waals surface area contributed by atoms with Crippen molar-refractivity contribution in [3.05, 3.63) is 23.8 Å². The van der Waals surface area contributed by atoms with Gasteiger partial charge in [0.2, 0.25) is 5.91 Å². The zero-order valence-corrected chi connectivity index (χ0v) is 6.77. The van der Waals surface area contributed by atoms with Crippen molar-refractivity contribution in [1.82, 2.24) is 0 Å². The van der Waals surface area contributed by atoms with Crippen molar-refractivity contribution < 1.29 is 14.8 Å². The summed E-state index contributed by atoms with van der Waals surface area (Å²) in [5.41, 5.74) is 10.8. The molecule has 5 nitrogen and oxygen atoms in total. The van der Waals surface area contributed by atoms with Crippen LogP contribution < -0.4 is 16.9 Å². The summed E-state index contributed by atoms with van der Waals surface area (Å²) in [4.78, 5) is 10.8. The smallest absolute Gasteiger partial charge is 0.423 e. The van der Waals surface area contributed by atoms with Crippen molar-refractivity contribution >= 4 is 24.2 Å². The number of hydrogen-bond donors (Lipinski definition) is 4. The first-order chi connectivity index (χ1) is 6.02. The number of nitrogen functional groups attached to an aromatic ring is 1. The fourth-order valence-corrected chi connectivity index (χ4v) is 1.02. The van der Waals surface area contributed by atoms with Crippen LogP contribution >= 0.6 is 0 Å². The molecule has 0 aliphatic heterocycles. The second-order valence-corrected chi connectivity index (χ2v) is 2.58. The van der Waals surface area contributed by atoms with Crippen LogP contribution in [0.3, 0.4) is 0 Å². The number of rotatable bonds is 2. The lowest BCUT2D eigenvalue weighted by molar-refractivity contribution is 0.100. The van der Waals surface area contributed by atoms with Crippen molar-refractivity contribution in [3.8, 4) is 0 Å². The van der Waals surface area contributed by atoms with Crippen molar-refractivity contribution in [3.63, 3.8) is 0 Å². The third kappa shape index (κ3) is 1.98. The molecule has 1 amide bonds. The van der Waals surface area contributed by atoms with E-state index in [1.807, 2.05) is 0 Å². The van der Waals surface area contributed by atoms with Gasteiger partial charge in [0, 0.05) is 11.3 Å². The molecule has 13 heavy (non-hydrogen) atoms. The first-order valence-corrected chi connectivity index (χ1v) is 3.57. The summed E-state index contributed by atoms with van der Waals surface area (Å²) in [6.07, 6.45) is 0. The minimum atomic E-state index is -1.74. The molecular formula is C7H9BN2O3. The van der Waals surface area contributed by atoms with Crippen LogP contribution in [0.4, 0.5) is 5.69 Å². The lowest BCUT2D eigenvalue weighted by atomic mass is 9.76. The molecule has 1 aromatic carbocycles. The van der Waals surface area contributed by atoms with Crippen LogP contribution in [0, 0.1) is 0 Å². The number of carbonyl (C=O) groups is 1. The summed E-state index contributed by atoms with van der Waals surface area (Å²) in [5, 5.41) is 17.7. The summed E-state index contributed by atoms with van der Waals surface area (Å²) < 4.78 is 0. The molecule has 0 bridgehead atoms. The predicted molar refractivity (Wildman–Crippen MR) is 49.2 cm³/mol. The van der Waals surface area contributed by atoms with E-state index in [0.29, 0.717) is 5.69 Å². The number of anilines is 1. The first kappa shape index (κ1) is 9.56. The van der Waals surface area contributed by atoms with E-state index in [4.69, 9.17) is 21.5 Å². The molecule has 68 valence electrons. The number of hydrogen-bond acceptors (Lipinski definition) is 4. The molecule has 1 rings (SSSR count). The molecule has 0 spiro atoms. The second kappa shape index (κ2) is 3.46. The van der Waals surface area contributed by atoms with Crippen molar-refractivity contribution in [1.29, 1.82) is 0 Å². The Hall–Kier alpha value is -1.53. The summed E-state index contributed by atoms with van der Waals surface area (Å²) in [5.74, 6) is -0.719. The molecule has 6 N–H and O–H groups in total. The monoisotopic (exact) mass is 180 g/mol. The van der Waals surface area contributed by atoms with Gasteiger partial charge < -0.3 is 21.5 Å². The third-order valence-corrected chi connectivity index (χ3v) is 1.62. The first-order valence-electron chi connectivity index (χ1n) is 3.57. The summed E-state index contributed by atoms with van der Waals surface area (Å²) >= 11 is 0. The molecule has 0 aliphatic rings. The van der Waals surface area contributed by atoms with E-state index >= 15 is 0 Å². The summed E-state index contributed by atoms with van der Waals surface area (Å²) in [6, 6.07) is 4.11. The average Bonchev–Trinajstić information content (AvgIpc) is 2.03. The van der Waals surface area contributed by atoms with Crippen LogP contribution in [-0.4, -0.2) is 23.1 Å². The van der Waals surface area contributed by atoms with E-state index in [0.717, 1.165) is 0 Å². The fourth-order valence-electron chi connectivity index (χ4n) is 1.02. The van der Waals surface area contributed by atoms with E-state index in [1.54, 1.807) is 0 Å². The Labute approximate surface area is 75.1 Å². The van der Waals surface area contributed by atoms with Gasteiger partial charge in [-0.25, -0.2) is 0 Å². The number of primary amides is 1. The normalized spacial score (nSPS) is 9.69. The van der Waals surface area contributed by atoms with E-state index in [2.05, 4.69) is 0 Å². The molecule has 0 aromatic heterocycles. The highest BCUT2D eigenvalue weighted by Gasteiger charge is 2.18. The van der Waals surface area contributed by atoms with Crippen LogP contribution in [0.15, 0.2) is 18.2 Å². The number of nitrogens with two attached hydrogens (primary N) is 2. The van der Waals surface area contributed by atoms with Crippen LogP contribution in [0.1, 0.15) is 10.4 Å². The highest BCUT2D eigenvalue weighted by atomic mass is 16.4. The van der Waals surface area contributed by atoms with Crippen molar-refractivity contribution in [2.24, 2.45) is 5.73 Å². The predicted octanol–water partition coefficient (Wildman–Crippen LogP) is -1.95. The van der Waals surface area contributed by atoms with Gasteiger partial charge >= 0.3 is 7.12 Å². The summed E-state index contributed by atoms with van der Waals surface area (Å²) in [6.45, 7) is 0. The Balaban J connectivity index is 3.26. The zero-order chi connectivity index (χ0) is 10.0. The SMILES string of the molecule is NC(=O)c1ccc(N)cc1B(O)O. The molecule has 0 unspecified atom stereocenters. The van der Waals surface area contributed by atoms with Gasteiger partial charge in [-0.3, -0.25) is 4.79 Å². The standard InChI is InChI=1S/C7H9BN2O3/c9-4-1-2-5(7(10)11)6(3-4)8(12)13/h1-3,12-13H,9H2,(H2,10,11). The van der Waals surface area contributed by atoms with Gasteiger partial charge in [-0.15, -0.1) is 0 Å². The van der Waals surface area contributed by atoms with E-state index < -0.39 is 13.0 Å². The van der Waals surface area contributed by atoms with Crippen molar-refractivity contribution in [2.45, 2.75) is 0 Å². The topological polar surface area (TPSA) is 110 Å². The molecule has 0 saturated heterocycles. The number of carbonyl (C=O) groups excluding carboxylic acids is 1. The Morgan fingerprint density at radius 2 is 2.00 bits per heavy atom. The quantitative estimate of drug-likeness (QED) is 0.313. The van der Waals surface area contributed by atoms with Crippen LogP contribution in [0.2, 0.25) is 0 Å². The Morgan fingerprint density at radius 1 is 1.38 bits per heavy atom. The lowest BCUT2D eigenvalue weighted by Crippen LogP contribution is -2.36. The zero-order valence-electron chi connectivity index (χ0n) is 6.77. The Kier molecular flexibility index (Phi) is 2.55. The minimum Gasteiger partial charge on any atom is -0.423 e. The lowest BCUT2D eigenvalue weighted by Gasteiger charge is -2.05. The molecule has 1 aromatic rings. The largest absolute Gasteiger partial charge is 0.489 e.